The van der Waals surface area contributed by atoms with Gasteiger partial charge < -0.3 is 14.7 Å². The summed E-state index contributed by atoms with van der Waals surface area (Å²) in [5.41, 5.74) is 4.18. The number of hydrogen-bond acceptors (Lipinski definition) is 4. The van der Waals surface area contributed by atoms with Gasteiger partial charge in [0.2, 0.25) is 0 Å². The number of carboxylic acids is 1. The molecule has 5 nitrogen and oxygen atoms in total. The summed E-state index contributed by atoms with van der Waals surface area (Å²) in [5.74, 6) is -0.375. The SMILES string of the molecule is CON=C(C(=O)O)c1cc(C)c(C)cc1COc1ccccc1C. The van der Waals surface area contributed by atoms with Crippen LogP contribution in [0, 0.1) is 20.8 Å². The van der Waals surface area contributed by atoms with Crippen LogP contribution in [0.15, 0.2) is 41.6 Å². The van der Waals surface area contributed by atoms with Gasteiger partial charge in [0.25, 0.3) is 0 Å². The third kappa shape index (κ3) is 3.93. The molecule has 0 amide bonds. The van der Waals surface area contributed by atoms with Gasteiger partial charge in [0.15, 0.2) is 5.71 Å². The van der Waals surface area contributed by atoms with E-state index in [1.165, 1.54) is 7.11 Å². The van der Waals surface area contributed by atoms with Crippen LogP contribution in [0.25, 0.3) is 0 Å². The van der Waals surface area contributed by atoms with Gasteiger partial charge in [-0.1, -0.05) is 29.4 Å². The summed E-state index contributed by atoms with van der Waals surface area (Å²) in [7, 11) is 1.33. The molecule has 0 saturated carbocycles. The van der Waals surface area contributed by atoms with Crippen LogP contribution in [0.5, 0.6) is 5.75 Å². The Hall–Kier alpha value is -2.82. The fourth-order valence-corrected chi connectivity index (χ4v) is 2.38. The smallest absolute Gasteiger partial charge is 0.358 e. The number of carboxylic acid groups (broad SMARTS) is 1. The third-order valence-corrected chi connectivity index (χ3v) is 3.84. The van der Waals surface area contributed by atoms with Gasteiger partial charge in [-0.15, -0.1) is 0 Å². The summed E-state index contributed by atoms with van der Waals surface area (Å²) in [6.07, 6.45) is 0. The fourth-order valence-electron chi connectivity index (χ4n) is 2.38. The maximum absolute atomic E-state index is 11.5. The molecule has 0 unspecified atom stereocenters. The first-order valence-electron chi connectivity index (χ1n) is 7.57. The quantitative estimate of drug-likeness (QED) is 0.650. The first kappa shape index (κ1) is 17.5. The zero-order valence-corrected chi connectivity index (χ0v) is 14.3. The minimum atomic E-state index is -1.14. The summed E-state index contributed by atoms with van der Waals surface area (Å²) in [6, 6.07) is 11.4. The summed E-state index contributed by atoms with van der Waals surface area (Å²) in [6.45, 7) is 6.12. The monoisotopic (exact) mass is 327 g/mol. The lowest BCUT2D eigenvalue weighted by molar-refractivity contribution is -0.129. The average Bonchev–Trinajstić information content (AvgIpc) is 2.54. The summed E-state index contributed by atoms with van der Waals surface area (Å²) >= 11 is 0. The molecule has 0 fully saturated rings. The van der Waals surface area contributed by atoms with E-state index in [1.54, 1.807) is 6.07 Å². The van der Waals surface area contributed by atoms with E-state index in [0.29, 0.717) is 5.56 Å². The highest BCUT2D eigenvalue weighted by Gasteiger charge is 2.19. The molecule has 0 bridgehead atoms. The first-order valence-corrected chi connectivity index (χ1v) is 7.57. The highest BCUT2D eigenvalue weighted by atomic mass is 16.6. The topological polar surface area (TPSA) is 68.1 Å². The molecule has 0 atom stereocenters. The molecule has 0 saturated heterocycles. The van der Waals surface area contributed by atoms with Gasteiger partial charge >= 0.3 is 5.97 Å². The van der Waals surface area contributed by atoms with Crippen LogP contribution >= 0.6 is 0 Å². The van der Waals surface area contributed by atoms with Crippen molar-refractivity contribution in [2.24, 2.45) is 5.16 Å². The van der Waals surface area contributed by atoms with Crippen molar-refractivity contribution in [2.45, 2.75) is 27.4 Å². The Morgan fingerprint density at radius 2 is 1.75 bits per heavy atom. The second kappa shape index (κ2) is 7.64. The summed E-state index contributed by atoms with van der Waals surface area (Å²) in [5, 5.41) is 13.1. The van der Waals surface area contributed by atoms with E-state index < -0.39 is 5.97 Å². The van der Waals surface area contributed by atoms with Crippen molar-refractivity contribution >= 4 is 11.7 Å². The highest BCUT2D eigenvalue weighted by Crippen LogP contribution is 2.22. The predicted molar refractivity (Wildman–Crippen MR) is 92.6 cm³/mol. The van der Waals surface area contributed by atoms with Crippen molar-refractivity contribution in [3.63, 3.8) is 0 Å². The zero-order valence-electron chi connectivity index (χ0n) is 14.3. The van der Waals surface area contributed by atoms with Crippen LogP contribution in [0.1, 0.15) is 27.8 Å². The maximum atomic E-state index is 11.5. The molecule has 5 heteroatoms. The Morgan fingerprint density at radius 3 is 2.38 bits per heavy atom. The molecule has 24 heavy (non-hydrogen) atoms. The number of rotatable bonds is 6. The Kier molecular flexibility index (Phi) is 5.58. The molecule has 0 aromatic heterocycles. The van der Waals surface area contributed by atoms with E-state index in [-0.39, 0.29) is 12.3 Å². The minimum Gasteiger partial charge on any atom is -0.489 e. The molecular formula is C19H21NO4. The van der Waals surface area contributed by atoms with Gasteiger partial charge in [-0.05, 0) is 55.2 Å². The van der Waals surface area contributed by atoms with Gasteiger partial charge in [-0.25, -0.2) is 4.79 Å². The molecule has 2 aromatic rings. The molecule has 0 spiro atoms. The lowest BCUT2D eigenvalue weighted by Gasteiger charge is -2.14. The van der Waals surface area contributed by atoms with E-state index in [1.807, 2.05) is 51.1 Å². The lowest BCUT2D eigenvalue weighted by atomic mass is 9.97. The lowest BCUT2D eigenvalue weighted by Crippen LogP contribution is -2.18. The normalized spacial score (nSPS) is 11.2. The van der Waals surface area contributed by atoms with Crippen molar-refractivity contribution in [1.29, 1.82) is 0 Å². The Balaban J connectivity index is 2.41. The molecular weight excluding hydrogens is 306 g/mol. The van der Waals surface area contributed by atoms with Crippen LogP contribution in [0.4, 0.5) is 0 Å². The van der Waals surface area contributed by atoms with Gasteiger partial charge in [-0.3, -0.25) is 0 Å². The van der Waals surface area contributed by atoms with E-state index in [0.717, 1.165) is 28.0 Å². The summed E-state index contributed by atoms with van der Waals surface area (Å²) < 4.78 is 5.88. The van der Waals surface area contributed by atoms with Crippen LogP contribution in [-0.2, 0) is 16.2 Å². The standard InChI is InChI=1S/C19H21NO4/c1-12-7-5-6-8-17(12)24-11-15-9-13(2)14(3)10-16(15)18(19(21)22)20-23-4/h5-10H,11H2,1-4H3,(H,21,22). The molecule has 2 rings (SSSR count). The van der Waals surface area contributed by atoms with E-state index >= 15 is 0 Å². The maximum Gasteiger partial charge on any atom is 0.358 e. The highest BCUT2D eigenvalue weighted by molar-refractivity contribution is 6.42. The largest absolute Gasteiger partial charge is 0.489 e. The van der Waals surface area contributed by atoms with Gasteiger partial charge in [-0.2, -0.15) is 0 Å². The first-order chi connectivity index (χ1) is 11.4. The number of oxime groups is 1. The van der Waals surface area contributed by atoms with Crippen LogP contribution < -0.4 is 4.74 Å². The third-order valence-electron chi connectivity index (χ3n) is 3.84. The van der Waals surface area contributed by atoms with Crippen molar-refractivity contribution in [2.75, 3.05) is 7.11 Å². The molecule has 0 heterocycles. The van der Waals surface area contributed by atoms with Crippen molar-refractivity contribution in [3.05, 3.63) is 64.2 Å². The Morgan fingerprint density at radius 1 is 1.08 bits per heavy atom. The van der Waals surface area contributed by atoms with Crippen molar-refractivity contribution in [3.8, 4) is 5.75 Å². The number of aliphatic carboxylic acids is 1. The zero-order chi connectivity index (χ0) is 17.7. The molecule has 0 aliphatic carbocycles. The number of carbonyl (C=O) groups is 1. The van der Waals surface area contributed by atoms with Crippen LogP contribution in [0.2, 0.25) is 0 Å². The molecule has 126 valence electrons. The van der Waals surface area contributed by atoms with Crippen LogP contribution in [-0.4, -0.2) is 23.9 Å². The van der Waals surface area contributed by atoms with Gasteiger partial charge in [0.05, 0.1) is 0 Å². The molecule has 0 aliphatic rings. The molecule has 0 aliphatic heterocycles. The number of hydrogen-bond donors (Lipinski definition) is 1. The van der Waals surface area contributed by atoms with E-state index in [9.17, 15) is 9.90 Å². The van der Waals surface area contributed by atoms with Crippen molar-refractivity contribution in [1.82, 2.24) is 0 Å². The predicted octanol–water partition coefficient (Wildman–Crippen LogP) is 3.63. The number of aryl methyl sites for hydroxylation is 3. The van der Waals surface area contributed by atoms with Gasteiger partial charge in [0.1, 0.15) is 19.5 Å². The fraction of sp³-hybridized carbons (Fsp3) is 0.263. The average molecular weight is 327 g/mol. The number of benzene rings is 2. The van der Waals surface area contributed by atoms with E-state index in [2.05, 4.69) is 5.16 Å². The number of ether oxygens (including phenoxy) is 1. The Labute approximate surface area is 141 Å². The van der Waals surface area contributed by atoms with Gasteiger partial charge in [0, 0.05) is 5.56 Å². The molecule has 2 aromatic carbocycles. The summed E-state index contributed by atoms with van der Waals surface area (Å²) in [4.78, 5) is 16.2. The minimum absolute atomic E-state index is 0.135. The second-order valence-corrected chi connectivity index (χ2v) is 5.58. The number of nitrogens with zero attached hydrogens (tertiary/aromatic N) is 1. The van der Waals surface area contributed by atoms with Crippen LogP contribution in [0.3, 0.4) is 0 Å². The Bertz CT molecular complexity index is 781. The molecule has 0 radical (unpaired) electrons. The van der Waals surface area contributed by atoms with Crippen molar-refractivity contribution < 1.29 is 19.5 Å². The molecule has 1 N–H and O–H groups in total. The second-order valence-electron chi connectivity index (χ2n) is 5.58. The number of para-hydroxylation sites is 1. The van der Waals surface area contributed by atoms with E-state index in [4.69, 9.17) is 9.57 Å².